The minimum absolute atomic E-state index is 0.236. The van der Waals surface area contributed by atoms with E-state index >= 15 is 0 Å². The molecule has 0 aliphatic carbocycles. The lowest BCUT2D eigenvalue weighted by Crippen LogP contribution is -2.34. The van der Waals surface area contributed by atoms with Crippen LogP contribution in [0.1, 0.15) is 12.8 Å². The number of hydrogen-bond donors (Lipinski definition) is 1. The fraction of sp³-hybridized carbons (Fsp3) is 0.400. The van der Waals surface area contributed by atoms with Gasteiger partial charge in [0.05, 0.1) is 0 Å². The number of rotatable bonds is 2. The highest BCUT2D eigenvalue weighted by atomic mass is 16.7. The molecule has 2 aliphatic rings. The van der Waals surface area contributed by atoms with Crippen LogP contribution < -0.4 is 19.5 Å². The van der Waals surface area contributed by atoms with Gasteiger partial charge in [0.2, 0.25) is 12.7 Å². The molecule has 4 rings (SSSR count). The fourth-order valence-electron chi connectivity index (χ4n) is 2.70. The Morgan fingerprint density at radius 2 is 1.95 bits per heavy atom. The first-order chi connectivity index (χ1) is 9.90. The first-order valence-corrected chi connectivity index (χ1v) is 6.96. The van der Waals surface area contributed by atoms with Crippen LogP contribution in [-0.4, -0.2) is 31.0 Å². The van der Waals surface area contributed by atoms with Gasteiger partial charge in [-0.05, 0) is 49.5 Å². The smallest absolute Gasteiger partial charge is 0.231 e. The summed E-state index contributed by atoms with van der Waals surface area (Å²) in [5, 5.41) is 5.38. The molecule has 104 valence electrons. The highest BCUT2D eigenvalue weighted by molar-refractivity contribution is 5.90. The van der Waals surface area contributed by atoms with Crippen LogP contribution in [-0.2, 0) is 0 Å². The van der Waals surface area contributed by atoms with Crippen LogP contribution in [0, 0.1) is 0 Å². The minimum atomic E-state index is 0.236. The highest BCUT2D eigenvalue weighted by Crippen LogP contribution is 2.38. The molecular weight excluding hydrogens is 256 g/mol. The molecule has 3 heterocycles. The second-order valence-corrected chi connectivity index (χ2v) is 5.11. The van der Waals surface area contributed by atoms with Crippen LogP contribution in [0.5, 0.6) is 17.4 Å². The molecule has 0 radical (unpaired) electrons. The van der Waals surface area contributed by atoms with Gasteiger partial charge in [0.15, 0.2) is 11.5 Å². The summed E-state index contributed by atoms with van der Waals surface area (Å²) in [6.07, 6.45) is 4.05. The third kappa shape index (κ3) is 2.04. The number of aromatic nitrogens is 1. The number of ether oxygens (including phenoxy) is 3. The van der Waals surface area contributed by atoms with Crippen molar-refractivity contribution in [2.45, 2.75) is 18.9 Å². The molecule has 20 heavy (non-hydrogen) atoms. The topological polar surface area (TPSA) is 52.6 Å². The first-order valence-electron chi connectivity index (χ1n) is 6.96. The normalized spacial score (nSPS) is 18.4. The molecule has 1 N–H and O–H groups in total. The summed E-state index contributed by atoms with van der Waals surface area (Å²) in [6, 6.07) is 5.91. The van der Waals surface area contributed by atoms with Crippen LogP contribution >= 0.6 is 0 Å². The zero-order valence-corrected chi connectivity index (χ0v) is 11.1. The van der Waals surface area contributed by atoms with E-state index in [4.69, 9.17) is 14.2 Å². The average molecular weight is 272 g/mol. The number of fused-ring (bicyclic) bond motifs is 2. The van der Waals surface area contributed by atoms with Crippen molar-refractivity contribution in [1.29, 1.82) is 0 Å². The number of piperidine rings is 1. The zero-order chi connectivity index (χ0) is 13.4. The third-order valence-corrected chi connectivity index (χ3v) is 3.79. The monoisotopic (exact) mass is 272 g/mol. The lowest BCUT2D eigenvalue weighted by atomic mass is 10.1. The lowest BCUT2D eigenvalue weighted by molar-refractivity contribution is 0.158. The quantitative estimate of drug-likeness (QED) is 0.907. The molecule has 0 amide bonds. The number of nitrogens with zero attached hydrogens (tertiary/aromatic N) is 1. The van der Waals surface area contributed by atoms with E-state index in [9.17, 15) is 0 Å². The first kappa shape index (κ1) is 11.8. The standard InChI is InChI=1S/C15H16N2O3/c1-6-17-15(20-11-2-4-16-5-3-11)12-8-14-13(7-10(1)12)18-9-19-14/h1,6-8,11,16H,2-5,9H2. The highest BCUT2D eigenvalue weighted by Gasteiger charge is 2.19. The average Bonchev–Trinajstić information content (AvgIpc) is 2.94. The second-order valence-electron chi connectivity index (χ2n) is 5.11. The molecule has 2 aromatic rings. The maximum Gasteiger partial charge on any atom is 0.231 e. The second kappa shape index (κ2) is 4.83. The van der Waals surface area contributed by atoms with Gasteiger partial charge in [-0.2, -0.15) is 0 Å². The lowest BCUT2D eigenvalue weighted by Gasteiger charge is -2.23. The van der Waals surface area contributed by atoms with Gasteiger partial charge in [-0.3, -0.25) is 0 Å². The number of pyridine rings is 1. The molecule has 1 aromatic heterocycles. The fourth-order valence-corrected chi connectivity index (χ4v) is 2.70. The van der Waals surface area contributed by atoms with E-state index in [1.54, 1.807) is 6.20 Å². The Labute approximate surface area is 116 Å². The minimum Gasteiger partial charge on any atom is -0.474 e. The van der Waals surface area contributed by atoms with Crippen molar-refractivity contribution in [3.8, 4) is 17.4 Å². The maximum atomic E-state index is 6.08. The van der Waals surface area contributed by atoms with Crippen molar-refractivity contribution in [3.05, 3.63) is 24.4 Å². The summed E-state index contributed by atoms with van der Waals surface area (Å²) in [5.41, 5.74) is 0. The third-order valence-electron chi connectivity index (χ3n) is 3.79. The molecule has 0 atom stereocenters. The molecule has 0 bridgehead atoms. The van der Waals surface area contributed by atoms with Crippen molar-refractivity contribution in [3.63, 3.8) is 0 Å². The van der Waals surface area contributed by atoms with E-state index in [1.165, 1.54) is 0 Å². The molecule has 1 fully saturated rings. The summed E-state index contributed by atoms with van der Waals surface area (Å²) >= 11 is 0. The van der Waals surface area contributed by atoms with E-state index in [0.717, 1.165) is 48.2 Å². The number of nitrogens with one attached hydrogen (secondary N) is 1. The van der Waals surface area contributed by atoms with E-state index < -0.39 is 0 Å². The van der Waals surface area contributed by atoms with Crippen molar-refractivity contribution < 1.29 is 14.2 Å². The van der Waals surface area contributed by atoms with Crippen molar-refractivity contribution in [2.24, 2.45) is 0 Å². The molecule has 0 unspecified atom stereocenters. The van der Waals surface area contributed by atoms with Gasteiger partial charge in [-0.1, -0.05) is 0 Å². The predicted molar refractivity (Wildman–Crippen MR) is 74.4 cm³/mol. The van der Waals surface area contributed by atoms with Gasteiger partial charge < -0.3 is 19.5 Å². The Balaban J connectivity index is 1.71. The summed E-state index contributed by atoms with van der Waals surface area (Å²) in [5.74, 6) is 2.24. The SMILES string of the molecule is c1cc2cc3c(cc2c(OC2CCNCC2)n1)OCO3. The molecule has 2 aliphatic heterocycles. The van der Waals surface area contributed by atoms with E-state index in [0.29, 0.717) is 5.88 Å². The zero-order valence-electron chi connectivity index (χ0n) is 11.1. The summed E-state index contributed by atoms with van der Waals surface area (Å²) in [6.45, 7) is 2.28. The maximum absolute atomic E-state index is 6.08. The van der Waals surface area contributed by atoms with Crippen molar-refractivity contribution in [1.82, 2.24) is 10.3 Å². The van der Waals surface area contributed by atoms with Crippen molar-refractivity contribution in [2.75, 3.05) is 19.9 Å². The van der Waals surface area contributed by atoms with E-state index in [2.05, 4.69) is 10.3 Å². The Morgan fingerprint density at radius 3 is 2.80 bits per heavy atom. The summed E-state index contributed by atoms with van der Waals surface area (Å²) in [4.78, 5) is 4.39. The van der Waals surface area contributed by atoms with Gasteiger partial charge in [0, 0.05) is 11.6 Å². The molecule has 5 heteroatoms. The molecule has 0 saturated carbocycles. The Hall–Kier alpha value is -2.01. The van der Waals surface area contributed by atoms with Gasteiger partial charge in [0.25, 0.3) is 0 Å². The van der Waals surface area contributed by atoms with Crippen LogP contribution in [0.3, 0.4) is 0 Å². The Morgan fingerprint density at radius 1 is 1.15 bits per heavy atom. The Bertz CT molecular complexity index is 638. The largest absolute Gasteiger partial charge is 0.474 e. The van der Waals surface area contributed by atoms with Crippen LogP contribution in [0.2, 0.25) is 0 Å². The van der Waals surface area contributed by atoms with Crippen LogP contribution in [0.25, 0.3) is 10.8 Å². The van der Waals surface area contributed by atoms with Crippen LogP contribution in [0.15, 0.2) is 24.4 Å². The van der Waals surface area contributed by atoms with Gasteiger partial charge >= 0.3 is 0 Å². The van der Waals surface area contributed by atoms with E-state index in [-0.39, 0.29) is 12.9 Å². The number of benzene rings is 1. The van der Waals surface area contributed by atoms with Gasteiger partial charge in [-0.15, -0.1) is 0 Å². The molecule has 1 aromatic carbocycles. The van der Waals surface area contributed by atoms with Gasteiger partial charge in [0.1, 0.15) is 6.10 Å². The number of hydrogen-bond acceptors (Lipinski definition) is 5. The molecule has 1 saturated heterocycles. The van der Waals surface area contributed by atoms with Gasteiger partial charge in [-0.25, -0.2) is 4.98 Å². The molecule has 0 spiro atoms. The summed E-state index contributed by atoms with van der Waals surface area (Å²) in [7, 11) is 0. The summed E-state index contributed by atoms with van der Waals surface area (Å²) < 4.78 is 16.9. The molecule has 5 nitrogen and oxygen atoms in total. The molecular formula is C15H16N2O3. The Kier molecular flexibility index (Phi) is 2.85. The predicted octanol–water partition coefficient (Wildman–Crippen LogP) is 2.09. The van der Waals surface area contributed by atoms with Crippen LogP contribution in [0.4, 0.5) is 0 Å². The van der Waals surface area contributed by atoms with Crippen molar-refractivity contribution >= 4 is 10.8 Å². The van der Waals surface area contributed by atoms with E-state index in [1.807, 2.05) is 18.2 Å².